The van der Waals surface area contributed by atoms with E-state index in [-0.39, 0.29) is 18.6 Å². The van der Waals surface area contributed by atoms with Crippen LogP contribution in [-0.4, -0.2) is 56.8 Å². The van der Waals surface area contributed by atoms with Crippen LogP contribution in [0.4, 0.5) is 0 Å². The van der Waals surface area contributed by atoms with Crippen LogP contribution in [0.5, 0.6) is 0 Å². The van der Waals surface area contributed by atoms with Crippen LogP contribution < -0.4 is 16.4 Å². The summed E-state index contributed by atoms with van der Waals surface area (Å²) in [6, 6.07) is 7.56. The first-order valence-corrected chi connectivity index (χ1v) is 9.64. The Morgan fingerprint density at radius 3 is 2.41 bits per heavy atom. The minimum absolute atomic E-state index is 0.0588. The average molecular weight is 414 g/mol. The maximum atomic E-state index is 11.8. The molecule has 0 heterocycles. The molecule has 0 radical (unpaired) electrons. The molecule has 0 aliphatic carbocycles. The summed E-state index contributed by atoms with van der Waals surface area (Å²) in [5.41, 5.74) is 6.48. The molecule has 2 atom stereocenters. The number of nitrogens with two attached hydrogens (primary N) is 1. The third-order valence-corrected chi connectivity index (χ3v) is 4.94. The van der Waals surface area contributed by atoms with Gasteiger partial charge in [0, 0.05) is 18.7 Å². The molecule has 0 fully saturated rings. The van der Waals surface area contributed by atoms with E-state index >= 15 is 0 Å². The van der Waals surface area contributed by atoms with Gasteiger partial charge in [0.15, 0.2) is 0 Å². The van der Waals surface area contributed by atoms with Crippen molar-refractivity contribution >= 4 is 46.1 Å². The minimum atomic E-state index is -1.21. The maximum Gasteiger partial charge on any atom is 0.327 e. The molecule has 1 rings (SSSR count). The Kier molecular flexibility index (Phi) is 10.4. The van der Waals surface area contributed by atoms with Gasteiger partial charge in [0.25, 0.3) is 0 Å². The quantitative estimate of drug-likeness (QED) is 0.330. The molecule has 1 amide bonds. The summed E-state index contributed by atoms with van der Waals surface area (Å²) in [7, 11) is 0. The number of carboxylic acids is 2. The summed E-state index contributed by atoms with van der Waals surface area (Å²) in [6.45, 7) is 0.618. The summed E-state index contributed by atoms with van der Waals surface area (Å²) in [5, 5.41) is 23.3. The van der Waals surface area contributed by atoms with Gasteiger partial charge >= 0.3 is 11.9 Å². The van der Waals surface area contributed by atoms with Gasteiger partial charge in [0.05, 0.1) is 0 Å². The van der Waals surface area contributed by atoms with Crippen LogP contribution in [0.3, 0.4) is 0 Å². The highest BCUT2D eigenvalue weighted by Gasteiger charge is 2.21. The Labute approximate surface area is 166 Å². The Balaban J connectivity index is 2.32. The van der Waals surface area contributed by atoms with Gasteiger partial charge in [-0.2, -0.15) is 0 Å². The molecule has 27 heavy (non-hydrogen) atoms. The van der Waals surface area contributed by atoms with Crippen molar-refractivity contribution in [3.05, 3.63) is 35.9 Å². The van der Waals surface area contributed by atoms with Crippen LogP contribution in [0.25, 0.3) is 0 Å². The van der Waals surface area contributed by atoms with Gasteiger partial charge in [-0.25, -0.2) is 4.79 Å². The van der Waals surface area contributed by atoms with Crippen molar-refractivity contribution in [3.8, 4) is 0 Å². The van der Waals surface area contributed by atoms with E-state index < -0.39 is 29.9 Å². The van der Waals surface area contributed by atoms with Gasteiger partial charge in [0.2, 0.25) is 5.91 Å². The van der Waals surface area contributed by atoms with Crippen LogP contribution >= 0.6 is 24.0 Å². The fourth-order valence-corrected chi connectivity index (χ4v) is 3.07. The van der Waals surface area contributed by atoms with Gasteiger partial charge < -0.3 is 26.6 Å². The van der Waals surface area contributed by atoms with E-state index in [0.717, 1.165) is 23.7 Å². The SMILES string of the molecule is N[C@@H](CCC(=O)N[C@@H](CSC(=S)NCCc1ccccc1)C(=O)O)C(=O)O. The standard InChI is InChI=1S/C17H23N3O5S2/c18-12(15(22)23)6-7-14(21)20-13(16(24)25)10-27-17(26)19-9-8-11-4-2-1-3-5-11/h1-5,12-13H,6-10,18H2,(H,19,26)(H,20,21)(H,22,23)(H,24,25)/t12-,13-/m0/s1. The largest absolute Gasteiger partial charge is 0.480 e. The van der Waals surface area contributed by atoms with Gasteiger partial charge in [-0.05, 0) is 18.4 Å². The molecule has 0 bridgehead atoms. The van der Waals surface area contributed by atoms with Crippen LogP contribution in [0.2, 0.25) is 0 Å². The molecule has 1 aromatic rings. The molecule has 1 aromatic carbocycles. The van der Waals surface area contributed by atoms with E-state index in [1.807, 2.05) is 30.3 Å². The maximum absolute atomic E-state index is 11.8. The van der Waals surface area contributed by atoms with E-state index in [4.69, 9.17) is 23.1 Å². The summed E-state index contributed by atoms with van der Waals surface area (Å²) < 4.78 is 0.444. The lowest BCUT2D eigenvalue weighted by Crippen LogP contribution is -2.43. The third-order valence-electron chi connectivity index (χ3n) is 3.54. The van der Waals surface area contributed by atoms with E-state index in [1.54, 1.807) is 0 Å². The van der Waals surface area contributed by atoms with E-state index in [2.05, 4.69) is 10.6 Å². The van der Waals surface area contributed by atoms with Crippen molar-refractivity contribution in [2.75, 3.05) is 12.3 Å². The number of amides is 1. The Hall–Kier alpha value is -2.17. The summed E-state index contributed by atoms with van der Waals surface area (Å²) in [4.78, 5) is 33.7. The first-order chi connectivity index (χ1) is 12.8. The summed E-state index contributed by atoms with van der Waals surface area (Å²) in [5.74, 6) is -2.91. The second kappa shape index (κ2) is 12.3. The molecular formula is C17H23N3O5S2. The number of rotatable bonds is 11. The van der Waals surface area contributed by atoms with Crippen LogP contribution in [0.1, 0.15) is 18.4 Å². The monoisotopic (exact) mass is 413 g/mol. The lowest BCUT2D eigenvalue weighted by molar-refractivity contribution is -0.141. The molecule has 0 aromatic heterocycles. The highest BCUT2D eigenvalue weighted by Crippen LogP contribution is 2.07. The van der Waals surface area contributed by atoms with Crippen molar-refractivity contribution in [1.29, 1.82) is 0 Å². The molecule has 0 aliphatic heterocycles. The normalized spacial score (nSPS) is 12.6. The lowest BCUT2D eigenvalue weighted by atomic mass is 10.1. The molecule has 0 unspecified atom stereocenters. The zero-order valence-electron chi connectivity index (χ0n) is 14.6. The lowest BCUT2D eigenvalue weighted by Gasteiger charge is -2.15. The third kappa shape index (κ3) is 9.92. The molecule has 0 saturated carbocycles. The van der Waals surface area contributed by atoms with Crippen LogP contribution in [0, 0.1) is 0 Å². The molecule has 8 nitrogen and oxygen atoms in total. The zero-order valence-corrected chi connectivity index (χ0v) is 16.2. The molecule has 10 heteroatoms. The molecule has 0 saturated heterocycles. The molecule has 0 spiro atoms. The number of carbonyl (C=O) groups excluding carboxylic acids is 1. The van der Waals surface area contributed by atoms with Crippen molar-refractivity contribution in [1.82, 2.24) is 10.6 Å². The first kappa shape index (κ1) is 22.9. The number of thiocarbonyl (C=S) groups is 1. The van der Waals surface area contributed by atoms with Gasteiger partial charge in [-0.1, -0.05) is 54.3 Å². The number of thioether (sulfide) groups is 1. The minimum Gasteiger partial charge on any atom is -0.480 e. The predicted octanol–water partition coefficient (Wildman–Crippen LogP) is 0.598. The zero-order chi connectivity index (χ0) is 20.2. The number of carbonyl (C=O) groups is 3. The molecule has 6 N–H and O–H groups in total. The van der Waals surface area contributed by atoms with E-state index in [0.29, 0.717) is 10.9 Å². The molecule has 0 aliphatic rings. The fraction of sp³-hybridized carbons (Fsp3) is 0.412. The highest BCUT2D eigenvalue weighted by molar-refractivity contribution is 8.23. The first-order valence-electron chi connectivity index (χ1n) is 8.24. The highest BCUT2D eigenvalue weighted by atomic mass is 32.2. The Morgan fingerprint density at radius 2 is 1.81 bits per heavy atom. The smallest absolute Gasteiger partial charge is 0.327 e. The number of nitrogens with one attached hydrogen (secondary N) is 2. The second-order valence-corrected chi connectivity index (χ2v) is 7.40. The van der Waals surface area contributed by atoms with Crippen molar-refractivity contribution in [2.45, 2.75) is 31.3 Å². The summed E-state index contributed by atoms with van der Waals surface area (Å²) >= 11 is 6.29. The Bertz CT molecular complexity index is 657. The van der Waals surface area contributed by atoms with Crippen LogP contribution in [0.15, 0.2) is 30.3 Å². The van der Waals surface area contributed by atoms with E-state index in [9.17, 15) is 19.5 Å². The molecular weight excluding hydrogens is 390 g/mol. The Morgan fingerprint density at radius 1 is 1.15 bits per heavy atom. The predicted molar refractivity (Wildman–Crippen MR) is 108 cm³/mol. The topological polar surface area (TPSA) is 142 Å². The number of hydrogen-bond acceptors (Lipinski definition) is 6. The second-order valence-electron chi connectivity index (χ2n) is 5.70. The number of aliphatic carboxylic acids is 2. The van der Waals surface area contributed by atoms with Crippen molar-refractivity contribution < 1.29 is 24.6 Å². The fourth-order valence-electron chi connectivity index (χ4n) is 2.01. The average Bonchev–Trinajstić information content (AvgIpc) is 2.63. The van der Waals surface area contributed by atoms with Gasteiger partial charge in [0.1, 0.15) is 16.4 Å². The van der Waals surface area contributed by atoms with Gasteiger partial charge in [-0.3, -0.25) is 9.59 Å². The molecule has 148 valence electrons. The number of benzene rings is 1. The van der Waals surface area contributed by atoms with Gasteiger partial charge in [-0.15, -0.1) is 0 Å². The summed E-state index contributed by atoms with van der Waals surface area (Å²) in [6.07, 6.45) is 0.548. The number of carboxylic acid groups (broad SMARTS) is 2. The van der Waals surface area contributed by atoms with Crippen molar-refractivity contribution in [3.63, 3.8) is 0 Å². The van der Waals surface area contributed by atoms with Crippen molar-refractivity contribution in [2.24, 2.45) is 5.73 Å². The van der Waals surface area contributed by atoms with Crippen LogP contribution in [-0.2, 0) is 20.8 Å². The van der Waals surface area contributed by atoms with E-state index in [1.165, 1.54) is 0 Å². The number of hydrogen-bond donors (Lipinski definition) is 5.